The van der Waals surface area contributed by atoms with Crippen LogP contribution >= 0.6 is 0 Å². The van der Waals surface area contributed by atoms with E-state index in [4.69, 9.17) is 19.4 Å². The highest BCUT2D eigenvalue weighted by atomic mass is 16.3. The number of hydrogen-bond acceptors (Lipinski definition) is 4. The number of fused-ring (bicyclic) bond motifs is 6. The highest BCUT2D eigenvalue weighted by Crippen LogP contribution is 2.38. The largest absolute Gasteiger partial charge is 0.456 e. The number of rotatable bonds is 7. The Morgan fingerprint density at radius 3 is 1.77 bits per heavy atom. The van der Waals surface area contributed by atoms with Gasteiger partial charge in [0.2, 0.25) is 5.95 Å². The van der Waals surface area contributed by atoms with Gasteiger partial charge in [-0.2, -0.15) is 9.97 Å². The molecule has 252 valence electrons. The van der Waals surface area contributed by atoms with Gasteiger partial charge in [-0.1, -0.05) is 141 Å². The summed E-state index contributed by atoms with van der Waals surface area (Å²) < 4.78 is 8.35. The third kappa shape index (κ3) is 5.45. The van der Waals surface area contributed by atoms with E-state index < -0.39 is 0 Å². The van der Waals surface area contributed by atoms with Crippen molar-refractivity contribution < 1.29 is 4.42 Å². The molecule has 0 unspecified atom stereocenters. The van der Waals surface area contributed by atoms with E-state index in [0.717, 1.165) is 90.0 Å². The molecule has 10 rings (SSSR count). The van der Waals surface area contributed by atoms with Crippen LogP contribution < -0.4 is 0 Å². The van der Waals surface area contributed by atoms with E-state index in [1.807, 2.05) is 30.3 Å². The van der Waals surface area contributed by atoms with E-state index in [2.05, 4.69) is 145 Å². The average molecular weight is 683 g/mol. The Hall–Kier alpha value is -6.85. The summed E-state index contributed by atoms with van der Waals surface area (Å²) in [4.78, 5) is 15.4. The summed E-state index contributed by atoms with van der Waals surface area (Å²) in [5.41, 5.74) is 11.6. The van der Waals surface area contributed by atoms with Gasteiger partial charge in [-0.3, -0.25) is 4.57 Å². The van der Waals surface area contributed by atoms with Crippen LogP contribution in [0.5, 0.6) is 0 Å². The fourth-order valence-electron chi connectivity index (χ4n) is 7.55. The van der Waals surface area contributed by atoms with Crippen molar-refractivity contribution in [2.75, 3.05) is 0 Å². The highest BCUT2D eigenvalue weighted by Gasteiger charge is 2.20. The lowest BCUT2D eigenvalue weighted by Crippen LogP contribution is -2.06. The molecule has 0 fully saturated rings. The average Bonchev–Trinajstić information content (AvgIpc) is 3.76. The second-order valence-corrected chi connectivity index (χ2v) is 13.6. The molecule has 7 aromatic carbocycles. The van der Waals surface area contributed by atoms with E-state index in [-0.39, 0.29) is 0 Å². The van der Waals surface area contributed by atoms with Gasteiger partial charge in [-0.25, -0.2) is 4.98 Å². The molecule has 0 spiro atoms. The number of para-hydroxylation sites is 1. The topological polar surface area (TPSA) is 56.7 Å². The molecule has 0 aliphatic heterocycles. The molecule has 0 saturated carbocycles. The second-order valence-electron chi connectivity index (χ2n) is 13.6. The smallest absolute Gasteiger partial charge is 0.238 e. The van der Waals surface area contributed by atoms with Gasteiger partial charge < -0.3 is 4.42 Å². The molecule has 0 aliphatic carbocycles. The minimum atomic E-state index is 0.579. The van der Waals surface area contributed by atoms with Gasteiger partial charge in [0.25, 0.3) is 0 Å². The lowest BCUT2D eigenvalue weighted by molar-refractivity contribution is 0.669. The Bertz CT molecular complexity index is 2940. The molecule has 0 aliphatic rings. The van der Waals surface area contributed by atoms with Crippen molar-refractivity contribution in [3.63, 3.8) is 0 Å². The fraction of sp³-hybridized carbons (Fsp3) is 0.0625. The number of hydrogen-bond donors (Lipinski definition) is 0. The maximum atomic E-state index is 6.15. The summed E-state index contributed by atoms with van der Waals surface area (Å²) in [6.07, 6.45) is 2.14. The number of furan rings is 1. The summed E-state index contributed by atoms with van der Waals surface area (Å²) in [5.74, 6) is 1.86. The van der Waals surface area contributed by atoms with Crippen LogP contribution in [0.4, 0.5) is 0 Å². The minimum absolute atomic E-state index is 0.579. The van der Waals surface area contributed by atoms with E-state index in [1.165, 1.54) is 5.56 Å². The third-order valence-corrected chi connectivity index (χ3v) is 10.2. The van der Waals surface area contributed by atoms with Crippen molar-refractivity contribution >= 4 is 43.7 Å². The Labute approximate surface area is 306 Å². The molecule has 0 saturated heterocycles. The fourth-order valence-corrected chi connectivity index (χ4v) is 7.55. The molecular weight excluding hydrogens is 649 g/mol. The first kappa shape index (κ1) is 30.9. The van der Waals surface area contributed by atoms with Crippen molar-refractivity contribution in [1.82, 2.24) is 19.5 Å². The molecule has 0 atom stereocenters. The third-order valence-electron chi connectivity index (χ3n) is 10.2. The zero-order valence-electron chi connectivity index (χ0n) is 29.2. The van der Waals surface area contributed by atoms with Gasteiger partial charge in [0.05, 0.1) is 11.0 Å². The molecule has 10 aromatic rings. The Kier molecular flexibility index (Phi) is 7.43. The summed E-state index contributed by atoms with van der Waals surface area (Å²) in [5, 5.41) is 4.49. The van der Waals surface area contributed by atoms with Crippen LogP contribution in [-0.4, -0.2) is 19.5 Å². The number of nitrogens with zero attached hydrogens (tertiary/aromatic N) is 4. The molecule has 3 aromatic heterocycles. The van der Waals surface area contributed by atoms with Gasteiger partial charge in [-0.05, 0) is 70.6 Å². The number of benzene rings is 7. The SMILES string of the molecule is CCCc1ccc(-c2nc(-c3ccccc3)nc(-n3c4ccc(-c5ccc6oc7ccccc7c6c5)cc4c4ccc(-c5ccccc5)cc43)n2)cc1. The maximum absolute atomic E-state index is 6.15. The van der Waals surface area contributed by atoms with Crippen LogP contribution in [0, 0.1) is 0 Å². The predicted molar refractivity (Wildman–Crippen MR) is 217 cm³/mol. The van der Waals surface area contributed by atoms with E-state index in [1.54, 1.807) is 0 Å². The highest BCUT2D eigenvalue weighted by molar-refractivity contribution is 6.12. The van der Waals surface area contributed by atoms with Crippen LogP contribution in [-0.2, 0) is 6.42 Å². The Morgan fingerprint density at radius 1 is 0.434 bits per heavy atom. The van der Waals surface area contributed by atoms with E-state index >= 15 is 0 Å². The zero-order chi connectivity index (χ0) is 35.3. The standard InChI is InChI=1S/C48H34N4O/c1-2-11-31-18-20-34(21-19-31)47-49-46(33-14-7-4-8-15-33)50-48(51-47)52-42-26-23-35(36-24-27-45-41(29-36)39-16-9-10-17-44(39)53-45)28-40(42)38-25-22-37(30-43(38)52)32-12-5-3-6-13-32/h3-10,12-30H,2,11H2,1H3. The van der Waals surface area contributed by atoms with Crippen LogP contribution in [0.3, 0.4) is 0 Å². The molecular formula is C48H34N4O. The van der Waals surface area contributed by atoms with Crippen LogP contribution in [0.1, 0.15) is 18.9 Å². The number of aromatic nitrogens is 4. The molecule has 3 heterocycles. The first-order chi connectivity index (χ1) is 26.2. The molecule has 0 radical (unpaired) electrons. The minimum Gasteiger partial charge on any atom is -0.456 e. The van der Waals surface area contributed by atoms with E-state index in [0.29, 0.717) is 17.6 Å². The van der Waals surface area contributed by atoms with Gasteiger partial charge >= 0.3 is 0 Å². The quantitative estimate of drug-likeness (QED) is 0.168. The Morgan fingerprint density at radius 2 is 1.02 bits per heavy atom. The van der Waals surface area contributed by atoms with Gasteiger partial charge in [0, 0.05) is 32.7 Å². The van der Waals surface area contributed by atoms with Crippen molar-refractivity contribution in [2.24, 2.45) is 0 Å². The molecule has 0 amide bonds. The molecule has 0 bridgehead atoms. The normalized spacial score (nSPS) is 11.6. The van der Waals surface area contributed by atoms with Crippen molar-refractivity contribution in [2.45, 2.75) is 19.8 Å². The van der Waals surface area contributed by atoms with Crippen molar-refractivity contribution in [3.8, 4) is 51.0 Å². The van der Waals surface area contributed by atoms with Crippen molar-refractivity contribution in [1.29, 1.82) is 0 Å². The van der Waals surface area contributed by atoms with Crippen molar-refractivity contribution in [3.05, 3.63) is 169 Å². The zero-order valence-corrected chi connectivity index (χ0v) is 29.2. The van der Waals surface area contributed by atoms with Crippen LogP contribution in [0.25, 0.3) is 94.7 Å². The van der Waals surface area contributed by atoms with Gasteiger partial charge in [-0.15, -0.1) is 0 Å². The maximum Gasteiger partial charge on any atom is 0.238 e. The first-order valence-corrected chi connectivity index (χ1v) is 18.2. The van der Waals surface area contributed by atoms with Gasteiger partial charge in [0.15, 0.2) is 11.6 Å². The summed E-state index contributed by atoms with van der Waals surface area (Å²) in [7, 11) is 0. The van der Waals surface area contributed by atoms with E-state index in [9.17, 15) is 0 Å². The van der Waals surface area contributed by atoms with Crippen LogP contribution in [0.15, 0.2) is 168 Å². The first-order valence-electron chi connectivity index (χ1n) is 18.2. The Balaban J connectivity index is 1.21. The van der Waals surface area contributed by atoms with Crippen LogP contribution in [0.2, 0.25) is 0 Å². The molecule has 53 heavy (non-hydrogen) atoms. The van der Waals surface area contributed by atoms with Gasteiger partial charge in [0.1, 0.15) is 11.2 Å². The predicted octanol–water partition coefficient (Wildman–Crippen LogP) is 12.5. The molecule has 0 N–H and O–H groups in total. The number of aryl methyl sites for hydroxylation is 1. The monoisotopic (exact) mass is 682 g/mol. The summed E-state index contributed by atoms with van der Waals surface area (Å²) in [6.45, 7) is 2.20. The lowest BCUT2D eigenvalue weighted by atomic mass is 10.00. The summed E-state index contributed by atoms with van der Waals surface area (Å²) in [6, 6.07) is 57.4. The summed E-state index contributed by atoms with van der Waals surface area (Å²) >= 11 is 0. The molecule has 5 nitrogen and oxygen atoms in total. The lowest BCUT2D eigenvalue weighted by Gasteiger charge is -2.12. The molecule has 5 heteroatoms. The second kappa shape index (κ2) is 12.7.